The van der Waals surface area contributed by atoms with Crippen molar-refractivity contribution in [1.82, 2.24) is 10.2 Å². The van der Waals surface area contributed by atoms with Gasteiger partial charge in [-0.3, -0.25) is 4.79 Å². The molecule has 8 nitrogen and oxygen atoms in total. The van der Waals surface area contributed by atoms with Crippen molar-refractivity contribution in [3.05, 3.63) is 59.7 Å². The Hall–Kier alpha value is -3.39. The summed E-state index contributed by atoms with van der Waals surface area (Å²) in [6.07, 6.45) is -0.127. The second-order valence-corrected chi connectivity index (χ2v) is 8.77. The molecule has 8 heteroatoms. The van der Waals surface area contributed by atoms with E-state index in [2.05, 4.69) is 29.6 Å². The lowest BCUT2D eigenvalue weighted by atomic mass is 9.98. The first kappa shape index (κ1) is 23.8. The van der Waals surface area contributed by atoms with E-state index in [1.54, 1.807) is 0 Å². The summed E-state index contributed by atoms with van der Waals surface area (Å²) in [4.78, 5) is 38.3. The zero-order valence-electron chi connectivity index (χ0n) is 19.4. The number of methoxy groups -OCH3 is 1. The van der Waals surface area contributed by atoms with Crippen LogP contribution in [0.1, 0.15) is 43.2 Å². The van der Waals surface area contributed by atoms with Crippen LogP contribution in [0.2, 0.25) is 0 Å². The van der Waals surface area contributed by atoms with E-state index in [1.165, 1.54) is 12.0 Å². The number of hydrogen-bond acceptors (Lipinski definition) is 5. The number of carbonyl (C=O) groups is 3. The van der Waals surface area contributed by atoms with Gasteiger partial charge < -0.3 is 24.8 Å². The first-order valence-electron chi connectivity index (χ1n) is 11.6. The van der Waals surface area contributed by atoms with Crippen LogP contribution in [-0.2, 0) is 19.1 Å². The Balaban J connectivity index is 1.35. The molecule has 3 atom stereocenters. The molecule has 4 rings (SSSR count). The van der Waals surface area contributed by atoms with E-state index in [1.807, 2.05) is 31.2 Å². The van der Waals surface area contributed by atoms with Crippen molar-refractivity contribution in [2.45, 2.75) is 50.3 Å². The fourth-order valence-corrected chi connectivity index (χ4v) is 4.91. The maximum atomic E-state index is 12.8. The van der Waals surface area contributed by atoms with Crippen LogP contribution in [0.3, 0.4) is 0 Å². The molecule has 2 aliphatic rings. The Morgan fingerprint density at radius 2 is 1.71 bits per heavy atom. The van der Waals surface area contributed by atoms with E-state index in [0.29, 0.717) is 6.42 Å². The van der Waals surface area contributed by atoms with E-state index < -0.39 is 24.1 Å². The summed E-state index contributed by atoms with van der Waals surface area (Å²) >= 11 is 0. The first-order chi connectivity index (χ1) is 16.4. The molecule has 0 spiro atoms. The molecular weight excluding hydrogens is 436 g/mol. The number of alkyl carbamates (subject to hydrolysis) is 1. The molecular formula is C26H30N2O6. The predicted molar refractivity (Wildman–Crippen MR) is 125 cm³/mol. The Bertz CT molecular complexity index is 1030. The highest BCUT2D eigenvalue weighted by Crippen LogP contribution is 2.44. The van der Waals surface area contributed by atoms with Gasteiger partial charge in [0, 0.05) is 38.5 Å². The fourth-order valence-electron chi connectivity index (χ4n) is 4.91. The average molecular weight is 467 g/mol. The summed E-state index contributed by atoms with van der Waals surface area (Å²) in [5, 5.41) is 12.2. The normalized spacial score (nSPS) is 19.9. The third kappa shape index (κ3) is 4.77. The van der Waals surface area contributed by atoms with E-state index >= 15 is 0 Å². The van der Waals surface area contributed by atoms with Crippen LogP contribution in [0.25, 0.3) is 11.1 Å². The number of hydrogen-bond donors (Lipinski definition) is 2. The molecule has 180 valence electrons. The molecule has 2 aromatic rings. The van der Waals surface area contributed by atoms with Crippen molar-refractivity contribution >= 4 is 18.0 Å². The number of rotatable bonds is 8. The monoisotopic (exact) mass is 466 g/mol. The van der Waals surface area contributed by atoms with Crippen LogP contribution in [0.5, 0.6) is 0 Å². The van der Waals surface area contributed by atoms with Gasteiger partial charge in [-0.2, -0.15) is 0 Å². The van der Waals surface area contributed by atoms with Crippen LogP contribution < -0.4 is 5.32 Å². The molecule has 1 heterocycles. The number of ether oxygens (including phenoxy) is 2. The Morgan fingerprint density at radius 3 is 2.26 bits per heavy atom. The lowest BCUT2D eigenvalue weighted by Gasteiger charge is -2.24. The number of carboxylic acid groups (broad SMARTS) is 1. The molecule has 0 aromatic heterocycles. The second kappa shape index (κ2) is 10.3. The molecule has 3 unspecified atom stereocenters. The van der Waals surface area contributed by atoms with Gasteiger partial charge >= 0.3 is 12.1 Å². The van der Waals surface area contributed by atoms with Crippen molar-refractivity contribution in [2.75, 3.05) is 20.3 Å². The number of aliphatic carboxylic acids is 1. The molecule has 1 aliphatic heterocycles. The molecule has 0 saturated carbocycles. The van der Waals surface area contributed by atoms with Crippen LogP contribution in [0.4, 0.5) is 4.79 Å². The number of carboxylic acids is 1. The van der Waals surface area contributed by atoms with Gasteiger partial charge in [0.2, 0.25) is 5.91 Å². The zero-order chi connectivity index (χ0) is 24.2. The smallest absolute Gasteiger partial charge is 0.407 e. The lowest BCUT2D eigenvalue weighted by molar-refractivity contribution is -0.148. The molecule has 1 aliphatic carbocycles. The van der Waals surface area contributed by atoms with Crippen molar-refractivity contribution in [2.24, 2.45) is 0 Å². The average Bonchev–Trinajstić information content (AvgIpc) is 3.42. The minimum absolute atomic E-state index is 0.000902. The fraction of sp³-hybridized carbons (Fsp3) is 0.423. The standard InChI is InChI=1S/C26H30N2O6/c1-3-16(12-24(29)28-14-17(33-2)13-23(28)25(30)31)27-26(32)34-15-22-20-10-6-4-8-18(20)19-9-5-7-11-21(19)22/h4-11,16-17,22-23H,3,12-15H2,1-2H3,(H,27,32)(H,30,31). The molecule has 1 saturated heterocycles. The maximum absolute atomic E-state index is 12.8. The molecule has 0 bridgehead atoms. The highest BCUT2D eigenvalue weighted by Gasteiger charge is 2.40. The van der Waals surface area contributed by atoms with Crippen LogP contribution in [0, 0.1) is 0 Å². The number of nitrogens with zero attached hydrogens (tertiary/aromatic N) is 1. The number of carbonyl (C=O) groups excluding carboxylic acids is 2. The lowest BCUT2D eigenvalue weighted by Crippen LogP contribution is -2.45. The topological polar surface area (TPSA) is 105 Å². The third-order valence-electron chi connectivity index (χ3n) is 6.78. The summed E-state index contributed by atoms with van der Waals surface area (Å²) in [7, 11) is 1.51. The molecule has 0 radical (unpaired) electrons. The molecule has 1 fully saturated rings. The van der Waals surface area contributed by atoms with Crippen LogP contribution >= 0.6 is 0 Å². The SMILES string of the molecule is CCC(CC(=O)N1CC(OC)CC1C(=O)O)NC(=O)OCC1c2ccccc2-c2ccccc21. The third-order valence-corrected chi connectivity index (χ3v) is 6.78. The van der Waals surface area contributed by atoms with E-state index in [0.717, 1.165) is 22.3 Å². The van der Waals surface area contributed by atoms with Crippen molar-refractivity contribution in [3.63, 3.8) is 0 Å². The number of benzene rings is 2. The molecule has 2 aromatic carbocycles. The largest absolute Gasteiger partial charge is 0.480 e. The van der Waals surface area contributed by atoms with Gasteiger partial charge in [0.1, 0.15) is 12.6 Å². The predicted octanol–water partition coefficient (Wildman–Crippen LogP) is 3.39. The zero-order valence-corrected chi connectivity index (χ0v) is 19.4. The van der Waals surface area contributed by atoms with Crippen molar-refractivity contribution in [1.29, 1.82) is 0 Å². The number of fused-ring (bicyclic) bond motifs is 3. The van der Waals surface area contributed by atoms with Gasteiger partial charge in [-0.05, 0) is 28.7 Å². The Morgan fingerprint density at radius 1 is 1.09 bits per heavy atom. The Labute approximate surface area is 198 Å². The number of likely N-dealkylation sites (tertiary alicyclic amines) is 1. The van der Waals surface area contributed by atoms with E-state index in [9.17, 15) is 19.5 Å². The summed E-state index contributed by atoms with van der Waals surface area (Å²) in [6, 6.07) is 14.8. The molecule has 2 N–H and O–H groups in total. The van der Waals surface area contributed by atoms with Gasteiger partial charge in [-0.25, -0.2) is 9.59 Å². The van der Waals surface area contributed by atoms with Gasteiger partial charge in [0.15, 0.2) is 0 Å². The second-order valence-electron chi connectivity index (χ2n) is 8.77. The highest BCUT2D eigenvalue weighted by molar-refractivity contribution is 5.85. The summed E-state index contributed by atoms with van der Waals surface area (Å²) < 4.78 is 10.8. The quantitative estimate of drug-likeness (QED) is 0.618. The van der Waals surface area contributed by atoms with Gasteiger partial charge in [0.05, 0.1) is 6.10 Å². The molecule has 2 amide bonds. The summed E-state index contributed by atoms with van der Waals surface area (Å²) in [5.74, 6) is -1.42. The number of nitrogens with one attached hydrogen (secondary N) is 1. The van der Waals surface area contributed by atoms with Crippen molar-refractivity contribution in [3.8, 4) is 11.1 Å². The highest BCUT2D eigenvalue weighted by atomic mass is 16.5. The summed E-state index contributed by atoms with van der Waals surface area (Å²) in [6.45, 7) is 2.28. The van der Waals surface area contributed by atoms with Gasteiger partial charge in [-0.1, -0.05) is 55.5 Å². The number of amides is 2. The van der Waals surface area contributed by atoms with Crippen molar-refractivity contribution < 1.29 is 29.0 Å². The minimum Gasteiger partial charge on any atom is -0.480 e. The van der Waals surface area contributed by atoms with Gasteiger partial charge in [-0.15, -0.1) is 0 Å². The maximum Gasteiger partial charge on any atom is 0.407 e. The first-order valence-corrected chi connectivity index (χ1v) is 11.6. The van der Waals surface area contributed by atoms with Gasteiger partial charge in [0.25, 0.3) is 0 Å². The van der Waals surface area contributed by atoms with Crippen LogP contribution in [0.15, 0.2) is 48.5 Å². The minimum atomic E-state index is -1.05. The molecule has 34 heavy (non-hydrogen) atoms. The van der Waals surface area contributed by atoms with E-state index in [4.69, 9.17) is 9.47 Å². The van der Waals surface area contributed by atoms with E-state index in [-0.39, 0.29) is 43.9 Å². The Kier molecular flexibility index (Phi) is 7.17. The van der Waals surface area contributed by atoms with Crippen LogP contribution in [-0.4, -0.2) is 66.4 Å². The summed E-state index contributed by atoms with van der Waals surface area (Å²) in [5.41, 5.74) is 4.55.